The Hall–Kier alpha value is -0.613. The summed E-state index contributed by atoms with van der Waals surface area (Å²) in [5.41, 5.74) is 0.746. The number of carbonyl (C=O) groups is 1. The molecule has 0 aromatic rings. The molecule has 0 radical (unpaired) electrons. The lowest BCUT2D eigenvalue weighted by Gasteiger charge is -2.41. The molecular weight excluding hydrogens is 292 g/mol. The zero-order valence-corrected chi connectivity index (χ0v) is 16.5. The number of ether oxygens (including phenoxy) is 1. The average Bonchev–Trinajstić information content (AvgIpc) is 2.39. The van der Waals surface area contributed by atoms with E-state index in [4.69, 9.17) is 9.16 Å². The molecule has 128 valence electrons. The van der Waals surface area contributed by atoms with Gasteiger partial charge in [-0.25, -0.2) is 4.79 Å². The van der Waals surface area contributed by atoms with Crippen LogP contribution in [0.3, 0.4) is 0 Å². The predicted molar refractivity (Wildman–Crippen MR) is 94.4 cm³/mol. The van der Waals surface area contributed by atoms with Crippen molar-refractivity contribution in [2.24, 2.45) is 5.92 Å². The normalized spacial score (nSPS) is 24.2. The minimum absolute atomic E-state index is 0.179. The summed E-state index contributed by atoms with van der Waals surface area (Å²) in [6.07, 6.45) is 6.91. The molecule has 0 aromatic heterocycles. The van der Waals surface area contributed by atoms with E-state index in [0.717, 1.165) is 31.3 Å². The van der Waals surface area contributed by atoms with Crippen LogP contribution in [0.2, 0.25) is 18.1 Å². The van der Waals surface area contributed by atoms with Crippen molar-refractivity contribution >= 4 is 14.3 Å². The van der Waals surface area contributed by atoms with E-state index in [0.29, 0.717) is 18.6 Å². The highest BCUT2D eigenvalue weighted by Gasteiger charge is 2.39. The van der Waals surface area contributed by atoms with Crippen LogP contribution in [0.25, 0.3) is 0 Å². The van der Waals surface area contributed by atoms with Crippen molar-refractivity contribution in [3.63, 3.8) is 0 Å². The van der Waals surface area contributed by atoms with Crippen LogP contribution in [-0.2, 0) is 14.0 Å². The Morgan fingerprint density at radius 2 is 1.73 bits per heavy atom. The fourth-order valence-electron chi connectivity index (χ4n) is 2.63. The van der Waals surface area contributed by atoms with Crippen LogP contribution in [0.1, 0.15) is 60.3 Å². The maximum absolute atomic E-state index is 11.7. The molecule has 0 spiro atoms. The standard InChI is InChI=1S/C18H34O3Si/c1-8-20-17(19)14(2)13-15-9-11-16(12-10-15)21-22(6,7)18(3,4)5/h13,15-16H,8-12H2,1-7H3. The van der Waals surface area contributed by atoms with Gasteiger partial charge in [-0.15, -0.1) is 0 Å². The van der Waals surface area contributed by atoms with Gasteiger partial charge in [-0.1, -0.05) is 26.8 Å². The van der Waals surface area contributed by atoms with Gasteiger partial charge in [0, 0.05) is 11.7 Å². The first-order valence-corrected chi connectivity index (χ1v) is 11.5. The molecule has 1 saturated carbocycles. The van der Waals surface area contributed by atoms with Gasteiger partial charge in [0.2, 0.25) is 0 Å². The first-order chi connectivity index (χ1) is 10.1. The first-order valence-electron chi connectivity index (χ1n) is 8.60. The van der Waals surface area contributed by atoms with E-state index < -0.39 is 8.32 Å². The molecule has 1 rings (SSSR count). The largest absolute Gasteiger partial charge is 0.463 e. The monoisotopic (exact) mass is 326 g/mol. The average molecular weight is 327 g/mol. The molecule has 0 unspecified atom stereocenters. The second kappa shape index (κ2) is 7.78. The molecule has 0 heterocycles. The van der Waals surface area contributed by atoms with Gasteiger partial charge < -0.3 is 9.16 Å². The van der Waals surface area contributed by atoms with E-state index >= 15 is 0 Å². The summed E-state index contributed by atoms with van der Waals surface area (Å²) in [5.74, 6) is 0.311. The Morgan fingerprint density at radius 3 is 2.18 bits per heavy atom. The van der Waals surface area contributed by atoms with Crippen molar-refractivity contribution in [1.29, 1.82) is 0 Å². The summed E-state index contributed by atoms with van der Waals surface area (Å²) in [6, 6.07) is 0. The number of hydrogen-bond acceptors (Lipinski definition) is 3. The fourth-order valence-corrected chi connectivity index (χ4v) is 4.06. The molecule has 0 aliphatic heterocycles. The van der Waals surface area contributed by atoms with Crippen LogP contribution >= 0.6 is 0 Å². The van der Waals surface area contributed by atoms with Crippen molar-refractivity contribution < 1.29 is 14.0 Å². The van der Waals surface area contributed by atoms with Crippen LogP contribution < -0.4 is 0 Å². The van der Waals surface area contributed by atoms with Crippen molar-refractivity contribution in [3.05, 3.63) is 11.6 Å². The number of carbonyl (C=O) groups excluding carboxylic acids is 1. The molecule has 1 aliphatic rings. The Bertz CT molecular complexity index is 399. The Kier molecular flexibility index (Phi) is 6.87. The zero-order valence-electron chi connectivity index (χ0n) is 15.5. The van der Waals surface area contributed by atoms with Gasteiger partial charge >= 0.3 is 5.97 Å². The fraction of sp³-hybridized carbons (Fsp3) is 0.833. The lowest BCUT2D eigenvalue weighted by molar-refractivity contribution is -0.138. The van der Waals surface area contributed by atoms with Crippen molar-refractivity contribution in [1.82, 2.24) is 0 Å². The van der Waals surface area contributed by atoms with Gasteiger partial charge in [0.1, 0.15) is 0 Å². The van der Waals surface area contributed by atoms with Gasteiger partial charge in [-0.05, 0) is 63.6 Å². The van der Waals surface area contributed by atoms with Gasteiger partial charge in [0.25, 0.3) is 0 Å². The highest BCUT2D eigenvalue weighted by molar-refractivity contribution is 6.74. The van der Waals surface area contributed by atoms with Crippen LogP contribution in [-0.4, -0.2) is 27.0 Å². The summed E-state index contributed by atoms with van der Waals surface area (Å²) in [5, 5.41) is 0.268. The quantitative estimate of drug-likeness (QED) is 0.402. The molecule has 0 atom stereocenters. The van der Waals surface area contributed by atoms with Crippen molar-refractivity contribution in [2.45, 2.75) is 84.5 Å². The number of allylic oxidation sites excluding steroid dienone is 1. The first kappa shape index (κ1) is 19.4. The van der Waals surface area contributed by atoms with Crippen LogP contribution in [0, 0.1) is 5.92 Å². The molecular formula is C18H34O3Si. The van der Waals surface area contributed by atoms with E-state index in [-0.39, 0.29) is 11.0 Å². The third-order valence-electron chi connectivity index (χ3n) is 5.07. The molecule has 22 heavy (non-hydrogen) atoms. The molecule has 0 amide bonds. The van der Waals surface area contributed by atoms with E-state index in [1.54, 1.807) is 0 Å². The van der Waals surface area contributed by atoms with Gasteiger partial charge in [-0.2, -0.15) is 0 Å². The second-order valence-corrected chi connectivity index (χ2v) is 12.7. The molecule has 3 nitrogen and oxygen atoms in total. The summed E-state index contributed by atoms with van der Waals surface area (Å²) in [7, 11) is -1.66. The highest BCUT2D eigenvalue weighted by atomic mass is 28.4. The van der Waals surface area contributed by atoms with E-state index in [1.807, 2.05) is 13.8 Å². The molecule has 0 saturated heterocycles. The Morgan fingerprint density at radius 1 is 1.18 bits per heavy atom. The number of rotatable bonds is 5. The lowest BCUT2D eigenvalue weighted by atomic mass is 9.86. The van der Waals surface area contributed by atoms with E-state index in [9.17, 15) is 4.79 Å². The maximum Gasteiger partial charge on any atom is 0.333 e. The van der Waals surface area contributed by atoms with Crippen LogP contribution in [0.5, 0.6) is 0 Å². The third-order valence-corrected chi connectivity index (χ3v) is 9.60. The predicted octanol–water partition coefficient (Wildman–Crippen LogP) is 5.08. The van der Waals surface area contributed by atoms with Crippen molar-refractivity contribution in [3.8, 4) is 0 Å². The summed E-state index contributed by atoms with van der Waals surface area (Å²) < 4.78 is 11.6. The van der Waals surface area contributed by atoms with Gasteiger partial charge in [-0.3, -0.25) is 0 Å². The lowest BCUT2D eigenvalue weighted by Crippen LogP contribution is -2.44. The van der Waals surface area contributed by atoms with Crippen LogP contribution in [0.15, 0.2) is 11.6 Å². The van der Waals surface area contributed by atoms with E-state index in [2.05, 4.69) is 39.9 Å². The van der Waals surface area contributed by atoms with Gasteiger partial charge in [0.15, 0.2) is 8.32 Å². The number of esters is 1. The zero-order chi connectivity index (χ0) is 17.0. The summed E-state index contributed by atoms with van der Waals surface area (Å²) in [6.45, 7) is 15.7. The minimum atomic E-state index is -1.66. The summed E-state index contributed by atoms with van der Waals surface area (Å²) >= 11 is 0. The molecule has 1 fully saturated rings. The Balaban J connectivity index is 2.50. The maximum atomic E-state index is 11.7. The molecule has 0 N–H and O–H groups in total. The third kappa shape index (κ3) is 5.54. The second-order valence-electron chi connectivity index (χ2n) is 7.99. The highest BCUT2D eigenvalue weighted by Crippen LogP contribution is 2.39. The van der Waals surface area contributed by atoms with E-state index in [1.165, 1.54) is 0 Å². The topological polar surface area (TPSA) is 35.5 Å². The molecule has 0 bridgehead atoms. The summed E-state index contributed by atoms with van der Waals surface area (Å²) in [4.78, 5) is 11.7. The SMILES string of the molecule is CCOC(=O)C(C)=CC1CCC(O[Si](C)(C)C(C)(C)C)CC1. The minimum Gasteiger partial charge on any atom is -0.463 e. The number of hydrogen-bond donors (Lipinski definition) is 0. The molecule has 0 aromatic carbocycles. The smallest absolute Gasteiger partial charge is 0.333 e. The Labute approximate surface area is 137 Å². The van der Waals surface area contributed by atoms with Gasteiger partial charge in [0.05, 0.1) is 6.61 Å². The molecule has 4 heteroatoms. The van der Waals surface area contributed by atoms with Crippen molar-refractivity contribution in [2.75, 3.05) is 6.61 Å². The molecule has 1 aliphatic carbocycles. The van der Waals surface area contributed by atoms with Crippen LogP contribution in [0.4, 0.5) is 0 Å².